The van der Waals surface area contributed by atoms with Crippen LogP contribution in [0.3, 0.4) is 0 Å². The van der Waals surface area contributed by atoms with Crippen LogP contribution >= 0.6 is 0 Å². The number of aromatic nitrogens is 2. The maximum atomic E-state index is 12.3. The fourth-order valence-corrected chi connectivity index (χ4v) is 1.37. The van der Waals surface area contributed by atoms with Crippen molar-refractivity contribution in [3.8, 4) is 0 Å². The first-order valence-corrected chi connectivity index (χ1v) is 5.73. The summed E-state index contributed by atoms with van der Waals surface area (Å²) in [5, 5.41) is 12.4. The van der Waals surface area contributed by atoms with Crippen LogP contribution in [0.15, 0.2) is 12.3 Å². The van der Waals surface area contributed by atoms with Crippen LogP contribution in [0.25, 0.3) is 0 Å². The first-order valence-electron chi connectivity index (χ1n) is 5.73. The lowest BCUT2D eigenvalue weighted by atomic mass is 10.3. The molecule has 8 heteroatoms. The second-order valence-corrected chi connectivity index (χ2v) is 4.35. The largest absolute Gasteiger partial charge is 0.435 e. The third kappa shape index (κ3) is 4.90. The van der Waals surface area contributed by atoms with Crippen molar-refractivity contribution in [3.63, 3.8) is 0 Å². The number of hydrogen-bond acceptors (Lipinski definition) is 3. The Kier molecular flexibility index (Phi) is 4.93. The fraction of sp³-hybridized carbons (Fsp3) is 0.636. The first kappa shape index (κ1) is 15.5. The van der Waals surface area contributed by atoms with Crippen LogP contribution in [0.1, 0.15) is 19.0 Å². The first-order chi connectivity index (χ1) is 8.70. The molecule has 1 amide bonds. The zero-order valence-corrected chi connectivity index (χ0v) is 10.7. The van der Waals surface area contributed by atoms with E-state index in [4.69, 9.17) is 5.11 Å². The predicted octanol–water partition coefficient (Wildman–Crippen LogP) is 1.13. The van der Waals surface area contributed by atoms with Crippen molar-refractivity contribution in [3.05, 3.63) is 18.0 Å². The molecular weight excluding hydrogens is 263 g/mol. The minimum Gasteiger partial charge on any atom is -0.393 e. The number of amides is 1. The van der Waals surface area contributed by atoms with Gasteiger partial charge in [-0.05, 0) is 19.4 Å². The number of likely N-dealkylation sites (N-methyl/N-ethyl adjacent to an activating group) is 1. The lowest BCUT2D eigenvalue weighted by Crippen LogP contribution is -2.32. The van der Waals surface area contributed by atoms with E-state index in [1.807, 2.05) is 0 Å². The van der Waals surface area contributed by atoms with Gasteiger partial charge in [-0.1, -0.05) is 0 Å². The molecule has 0 bridgehead atoms. The predicted molar refractivity (Wildman–Crippen MR) is 61.2 cm³/mol. The topological polar surface area (TPSA) is 58.4 Å². The number of carbonyl (C=O) groups excluding carboxylic acids is 1. The third-order valence-corrected chi connectivity index (χ3v) is 2.54. The molecule has 1 atom stereocenters. The summed E-state index contributed by atoms with van der Waals surface area (Å²) < 4.78 is 37.9. The number of carbonyl (C=O) groups is 1. The normalized spacial score (nSPS) is 13.4. The van der Waals surface area contributed by atoms with Gasteiger partial charge >= 0.3 is 6.18 Å². The molecule has 0 aliphatic rings. The molecule has 1 rings (SSSR count). The van der Waals surface area contributed by atoms with Crippen LogP contribution in [0, 0.1) is 0 Å². The Morgan fingerprint density at radius 2 is 2.21 bits per heavy atom. The van der Waals surface area contributed by atoms with Crippen LogP contribution in [-0.4, -0.2) is 45.4 Å². The Morgan fingerprint density at radius 1 is 1.58 bits per heavy atom. The van der Waals surface area contributed by atoms with Gasteiger partial charge in [-0.25, -0.2) is 0 Å². The molecule has 0 radical (unpaired) electrons. The highest BCUT2D eigenvalue weighted by atomic mass is 19.4. The van der Waals surface area contributed by atoms with Crippen molar-refractivity contribution in [2.75, 3.05) is 13.6 Å². The molecule has 1 unspecified atom stereocenters. The Morgan fingerprint density at radius 3 is 2.68 bits per heavy atom. The molecule has 1 heterocycles. The maximum absolute atomic E-state index is 12.3. The van der Waals surface area contributed by atoms with Crippen molar-refractivity contribution in [2.45, 2.75) is 32.2 Å². The average molecular weight is 279 g/mol. The van der Waals surface area contributed by atoms with E-state index >= 15 is 0 Å². The van der Waals surface area contributed by atoms with E-state index in [9.17, 15) is 18.0 Å². The van der Waals surface area contributed by atoms with Crippen molar-refractivity contribution in [2.24, 2.45) is 0 Å². The van der Waals surface area contributed by atoms with Crippen LogP contribution < -0.4 is 0 Å². The van der Waals surface area contributed by atoms with E-state index in [-0.39, 0.29) is 12.5 Å². The number of halogens is 3. The molecule has 1 aromatic heterocycles. The van der Waals surface area contributed by atoms with Crippen molar-refractivity contribution in [1.29, 1.82) is 0 Å². The van der Waals surface area contributed by atoms with Gasteiger partial charge in [0.25, 0.3) is 0 Å². The van der Waals surface area contributed by atoms with Crippen molar-refractivity contribution in [1.82, 2.24) is 14.7 Å². The Balaban J connectivity index is 2.55. The number of alkyl halides is 3. The summed E-state index contributed by atoms with van der Waals surface area (Å²) in [5.41, 5.74) is -1.02. The molecular formula is C11H16F3N3O2. The van der Waals surface area contributed by atoms with Gasteiger partial charge in [-0.2, -0.15) is 18.3 Å². The molecule has 0 saturated carbocycles. The molecule has 0 fully saturated rings. The SMILES string of the molecule is CC(O)CCN(C)C(=O)Cn1ccc(C(F)(F)F)n1. The van der Waals surface area contributed by atoms with Crippen LogP contribution in [-0.2, 0) is 17.5 Å². The monoisotopic (exact) mass is 279 g/mol. The molecule has 0 spiro atoms. The van der Waals surface area contributed by atoms with E-state index in [1.54, 1.807) is 6.92 Å². The van der Waals surface area contributed by atoms with Gasteiger partial charge in [0.05, 0.1) is 6.10 Å². The summed E-state index contributed by atoms with van der Waals surface area (Å²) in [6.45, 7) is 1.68. The van der Waals surface area contributed by atoms with E-state index < -0.39 is 18.0 Å². The van der Waals surface area contributed by atoms with Gasteiger partial charge in [0, 0.05) is 19.8 Å². The third-order valence-electron chi connectivity index (χ3n) is 2.54. The highest BCUT2D eigenvalue weighted by Gasteiger charge is 2.33. The van der Waals surface area contributed by atoms with Crippen LogP contribution in [0.5, 0.6) is 0 Å². The zero-order chi connectivity index (χ0) is 14.6. The standard InChI is InChI=1S/C11H16F3N3O2/c1-8(18)3-5-16(2)10(19)7-17-6-4-9(15-17)11(12,13)14/h4,6,8,18H,3,5,7H2,1-2H3. The highest BCUT2D eigenvalue weighted by Crippen LogP contribution is 2.27. The van der Waals surface area contributed by atoms with Gasteiger partial charge in [0.2, 0.25) is 5.91 Å². The molecule has 1 N–H and O–H groups in total. The number of hydrogen-bond donors (Lipinski definition) is 1. The minimum absolute atomic E-state index is 0.258. The number of aliphatic hydroxyl groups excluding tert-OH is 1. The zero-order valence-electron chi connectivity index (χ0n) is 10.7. The van der Waals surface area contributed by atoms with Gasteiger partial charge in [0.15, 0.2) is 5.69 Å². The van der Waals surface area contributed by atoms with E-state index in [0.29, 0.717) is 13.0 Å². The van der Waals surface area contributed by atoms with E-state index in [2.05, 4.69) is 5.10 Å². The molecule has 0 aliphatic heterocycles. The molecule has 19 heavy (non-hydrogen) atoms. The van der Waals surface area contributed by atoms with E-state index in [1.165, 1.54) is 11.9 Å². The minimum atomic E-state index is -4.51. The molecule has 0 aliphatic carbocycles. The number of nitrogens with zero attached hydrogens (tertiary/aromatic N) is 3. The summed E-state index contributed by atoms with van der Waals surface area (Å²) in [7, 11) is 1.53. The van der Waals surface area contributed by atoms with E-state index in [0.717, 1.165) is 16.9 Å². The summed E-state index contributed by atoms with van der Waals surface area (Å²) in [6.07, 6.45) is -3.51. The summed E-state index contributed by atoms with van der Waals surface area (Å²) in [5.74, 6) is -0.363. The number of rotatable bonds is 5. The highest BCUT2D eigenvalue weighted by molar-refractivity contribution is 5.75. The fourth-order valence-electron chi connectivity index (χ4n) is 1.37. The average Bonchev–Trinajstić information content (AvgIpc) is 2.73. The lowest BCUT2D eigenvalue weighted by molar-refractivity contribution is -0.142. The maximum Gasteiger partial charge on any atom is 0.435 e. The number of aliphatic hydroxyl groups is 1. The smallest absolute Gasteiger partial charge is 0.393 e. The Bertz CT molecular complexity index is 429. The molecule has 1 aromatic rings. The molecule has 0 aromatic carbocycles. The van der Waals surface area contributed by atoms with Crippen molar-refractivity contribution < 1.29 is 23.1 Å². The lowest BCUT2D eigenvalue weighted by Gasteiger charge is -2.17. The second kappa shape index (κ2) is 6.05. The Labute approximate surface area is 108 Å². The summed E-state index contributed by atoms with van der Waals surface area (Å²) in [4.78, 5) is 13.0. The van der Waals surface area contributed by atoms with Crippen LogP contribution in [0.2, 0.25) is 0 Å². The Hall–Kier alpha value is -1.57. The summed E-state index contributed by atoms with van der Waals surface area (Å²) in [6, 6.07) is 0.822. The van der Waals surface area contributed by atoms with Crippen LogP contribution in [0.4, 0.5) is 13.2 Å². The molecule has 108 valence electrons. The molecule has 0 saturated heterocycles. The van der Waals surface area contributed by atoms with Gasteiger partial charge in [-0.3, -0.25) is 9.48 Å². The van der Waals surface area contributed by atoms with Gasteiger partial charge in [0.1, 0.15) is 6.54 Å². The van der Waals surface area contributed by atoms with Gasteiger partial charge in [-0.15, -0.1) is 0 Å². The quantitative estimate of drug-likeness (QED) is 0.879. The molecule has 5 nitrogen and oxygen atoms in total. The summed E-state index contributed by atoms with van der Waals surface area (Å²) >= 11 is 0. The second-order valence-electron chi connectivity index (χ2n) is 4.35. The van der Waals surface area contributed by atoms with Gasteiger partial charge < -0.3 is 10.0 Å². The van der Waals surface area contributed by atoms with Crippen molar-refractivity contribution >= 4 is 5.91 Å².